The molecule has 2 nitrogen and oxygen atoms in total. The van der Waals surface area contributed by atoms with Gasteiger partial charge in [0.1, 0.15) is 5.82 Å². The average molecular weight is 248 g/mol. The normalized spacial score (nSPS) is 10.2. The van der Waals surface area contributed by atoms with Gasteiger partial charge in [-0.25, -0.2) is 9.18 Å². The summed E-state index contributed by atoms with van der Waals surface area (Å²) in [6.45, 7) is 0. The van der Waals surface area contributed by atoms with Gasteiger partial charge in [-0.1, -0.05) is 11.8 Å². The second-order valence-corrected chi connectivity index (χ2v) is 4.53. The topological polar surface area (TPSA) is 37.3 Å². The van der Waals surface area contributed by atoms with Gasteiger partial charge in [-0.15, -0.1) is 0 Å². The minimum Gasteiger partial charge on any atom is -0.478 e. The zero-order valence-corrected chi connectivity index (χ0v) is 9.58. The summed E-state index contributed by atoms with van der Waals surface area (Å²) < 4.78 is 12.7. The van der Waals surface area contributed by atoms with Gasteiger partial charge in [0.05, 0.1) is 5.56 Å². The van der Waals surface area contributed by atoms with Crippen LogP contribution in [0.4, 0.5) is 4.39 Å². The van der Waals surface area contributed by atoms with Gasteiger partial charge >= 0.3 is 5.97 Å². The molecule has 0 saturated heterocycles. The van der Waals surface area contributed by atoms with Crippen molar-refractivity contribution in [3.8, 4) is 0 Å². The maximum Gasteiger partial charge on any atom is 0.335 e. The summed E-state index contributed by atoms with van der Waals surface area (Å²) in [4.78, 5) is 12.5. The Hall–Kier alpha value is -1.81. The first-order valence-electron chi connectivity index (χ1n) is 4.92. The molecule has 0 radical (unpaired) electrons. The standard InChI is InChI=1S/C13H9FO2S/c14-10-3-7-12(8-4-10)17-11-5-1-9(2-6-11)13(15)16/h1-8H,(H,15,16). The van der Waals surface area contributed by atoms with Gasteiger partial charge in [0.2, 0.25) is 0 Å². The van der Waals surface area contributed by atoms with Crippen molar-refractivity contribution >= 4 is 17.7 Å². The van der Waals surface area contributed by atoms with Crippen molar-refractivity contribution < 1.29 is 14.3 Å². The van der Waals surface area contributed by atoms with Crippen molar-refractivity contribution in [3.05, 3.63) is 59.9 Å². The molecule has 0 bridgehead atoms. The Kier molecular flexibility index (Phi) is 3.44. The first-order valence-corrected chi connectivity index (χ1v) is 5.73. The lowest BCUT2D eigenvalue weighted by Crippen LogP contribution is -1.94. The number of hydrogen-bond acceptors (Lipinski definition) is 2. The molecule has 4 heteroatoms. The molecule has 2 aromatic rings. The van der Waals surface area contributed by atoms with Crippen LogP contribution in [0.2, 0.25) is 0 Å². The molecule has 0 heterocycles. The zero-order chi connectivity index (χ0) is 12.3. The lowest BCUT2D eigenvalue weighted by molar-refractivity contribution is 0.0697. The van der Waals surface area contributed by atoms with E-state index in [1.165, 1.54) is 23.9 Å². The molecule has 2 aromatic carbocycles. The summed E-state index contributed by atoms with van der Waals surface area (Å²) in [5.41, 5.74) is 0.258. The van der Waals surface area contributed by atoms with Crippen molar-refractivity contribution in [2.75, 3.05) is 0 Å². The highest BCUT2D eigenvalue weighted by atomic mass is 32.2. The van der Waals surface area contributed by atoms with E-state index in [9.17, 15) is 9.18 Å². The third-order valence-electron chi connectivity index (χ3n) is 2.15. The van der Waals surface area contributed by atoms with Gasteiger partial charge in [-0.2, -0.15) is 0 Å². The maximum atomic E-state index is 12.7. The van der Waals surface area contributed by atoms with E-state index in [0.29, 0.717) is 0 Å². The quantitative estimate of drug-likeness (QED) is 0.900. The van der Waals surface area contributed by atoms with Crippen LogP contribution < -0.4 is 0 Å². The second-order valence-electron chi connectivity index (χ2n) is 3.39. The molecule has 1 N–H and O–H groups in total. The summed E-state index contributed by atoms with van der Waals surface area (Å²) in [5, 5.41) is 8.75. The monoisotopic (exact) mass is 248 g/mol. The smallest absolute Gasteiger partial charge is 0.335 e. The van der Waals surface area contributed by atoms with Crippen LogP contribution in [-0.2, 0) is 0 Å². The minimum atomic E-state index is -0.941. The molecule has 0 aliphatic carbocycles. The maximum absolute atomic E-state index is 12.7. The van der Waals surface area contributed by atoms with E-state index in [1.807, 2.05) is 0 Å². The third-order valence-corrected chi connectivity index (χ3v) is 3.17. The number of hydrogen-bond donors (Lipinski definition) is 1. The highest BCUT2D eigenvalue weighted by Crippen LogP contribution is 2.27. The first-order chi connectivity index (χ1) is 8.15. The second kappa shape index (κ2) is 5.01. The number of halogens is 1. The third kappa shape index (κ3) is 3.07. The molecule has 0 aromatic heterocycles. The van der Waals surface area contributed by atoms with Crippen LogP contribution in [0.1, 0.15) is 10.4 Å². The van der Waals surface area contributed by atoms with Gasteiger partial charge < -0.3 is 5.11 Å². The fraction of sp³-hybridized carbons (Fsp3) is 0. The van der Waals surface area contributed by atoms with Gasteiger partial charge in [-0.3, -0.25) is 0 Å². The lowest BCUT2D eigenvalue weighted by atomic mass is 10.2. The minimum absolute atomic E-state index is 0.258. The molecule has 0 fully saturated rings. The summed E-state index contributed by atoms with van der Waals surface area (Å²) in [5.74, 6) is -1.21. The molecular weight excluding hydrogens is 239 g/mol. The Morgan fingerprint density at radius 3 is 1.88 bits per heavy atom. The molecule has 2 rings (SSSR count). The van der Waals surface area contributed by atoms with E-state index in [2.05, 4.69) is 0 Å². The molecule has 0 atom stereocenters. The van der Waals surface area contributed by atoms with Crippen molar-refractivity contribution in [1.29, 1.82) is 0 Å². The predicted octanol–water partition coefficient (Wildman–Crippen LogP) is 3.68. The first kappa shape index (κ1) is 11.7. The molecule has 0 aliphatic heterocycles. The predicted molar refractivity (Wildman–Crippen MR) is 63.9 cm³/mol. The molecule has 17 heavy (non-hydrogen) atoms. The van der Waals surface area contributed by atoms with Crippen molar-refractivity contribution in [2.45, 2.75) is 9.79 Å². The van der Waals surface area contributed by atoms with Gasteiger partial charge in [-0.05, 0) is 48.5 Å². The van der Waals surface area contributed by atoms with E-state index in [0.717, 1.165) is 9.79 Å². The fourth-order valence-electron chi connectivity index (χ4n) is 1.30. The molecule has 86 valence electrons. The van der Waals surface area contributed by atoms with E-state index in [-0.39, 0.29) is 11.4 Å². The van der Waals surface area contributed by atoms with Crippen LogP contribution in [0, 0.1) is 5.82 Å². The van der Waals surface area contributed by atoms with Crippen LogP contribution in [0.15, 0.2) is 58.3 Å². The fourth-order valence-corrected chi connectivity index (χ4v) is 2.12. The molecule has 0 aliphatic rings. The van der Waals surface area contributed by atoms with Gasteiger partial charge in [0.25, 0.3) is 0 Å². The molecule has 0 unspecified atom stereocenters. The highest BCUT2D eigenvalue weighted by Gasteiger charge is 2.02. The van der Waals surface area contributed by atoms with Crippen LogP contribution in [0.3, 0.4) is 0 Å². The number of carboxylic acids is 1. The summed E-state index contributed by atoms with van der Waals surface area (Å²) >= 11 is 1.46. The van der Waals surface area contributed by atoms with E-state index in [4.69, 9.17) is 5.11 Å². The Balaban J connectivity index is 2.13. The number of benzene rings is 2. The van der Waals surface area contributed by atoms with E-state index < -0.39 is 5.97 Å². The van der Waals surface area contributed by atoms with Gasteiger partial charge in [0.15, 0.2) is 0 Å². The zero-order valence-electron chi connectivity index (χ0n) is 8.76. The summed E-state index contributed by atoms with van der Waals surface area (Å²) in [7, 11) is 0. The average Bonchev–Trinajstić information content (AvgIpc) is 2.33. The Morgan fingerprint density at radius 2 is 1.41 bits per heavy atom. The molecule has 0 saturated carbocycles. The number of carboxylic acid groups (broad SMARTS) is 1. The van der Waals surface area contributed by atoms with Crippen LogP contribution in [0.5, 0.6) is 0 Å². The highest BCUT2D eigenvalue weighted by molar-refractivity contribution is 7.99. The van der Waals surface area contributed by atoms with Crippen LogP contribution in [0.25, 0.3) is 0 Å². The summed E-state index contributed by atoms with van der Waals surface area (Å²) in [6, 6.07) is 12.7. The SMILES string of the molecule is O=C(O)c1ccc(Sc2ccc(F)cc2)cc1. The molecule has 0 spiro atoms. The van der Waals surface area contributed by atoms with Crippen LogP contribution in [-0.4, -0.2) is 11.1 Å². The Labute approximate surface area is 102 Å². The lowest BCUT2D eigenvalue weighted by Gasteiger charge is -2.02. The number of rotatable bonds is 3. The van der Waals surface area contributed by atoms with E-state index >= 15 is 0 Å². The van der Waals surface area contributed by atoms with Crippen molar-refractivity contribution in [1.82, 2.24) is 0 Å². The number of carbonyl (C=O) groups is 1. The largest absolute Gasteiger partial charge is 0.478 e. The molecular formula is C13H9FO2S. The van der Waals surface area contributed by atoms with Crippen molar-refractivity contribution in [3.63, 3.8) is 0 Å². The Bertz CT molecular complexity index is 520. The number of aromatic carboxylic acids is 1. The summed E-state index contributed by atoms with van der Waals surface area (Å²) in [6.07, 6.45) is 0. The van der Waals surface area contributed by atoms with E-state index in [1.54, 1.807) is 36.4 Å². The Morgan fingerprint density at radius 1 is 0.941 bits per heavy atom. The van der Waals surface area contributed by atoms with Crippen molar-refractivity contribution in [2.24, 2.45) is 0 Å². The van der Waals surface area contributed by atoms with Crippen LogP contribution >= 0.6 is 11.8 Å². The molecule has 0 amide bonds. The van der Waals surface area contributed by atoms with Gasteiger partial charge in [0, 0.05) is 9.79 Å².